The molecule has 1 aromatic heterocycles. The molecule has 30 heavy (non-hydrogen) atoms. The second-order valence-corrected chi connectivity index (χ2v) is 7.13. The molecule has 0 fully saturated rings. The molecule has 1 heterocycles. The molecule has 6 heteroatoms. The molecule has 0 aliphatic carbocycles. The van der Waals surface area contributed by atoms with Crippen molar-refractivity contribution in [3.63, 3.8) is 0 Å². The number of fused-ring (bicyclic) bond motifs is 1. The summed E-state index contributed by atoms with van der Waals surface area (Å²) in [4.78, 5) is 24.6. The van der Waals surface area contributed by atoms with Crippen LogP contribution in [0.1, 0.15) is 5.56 Å². The van der Waals surface area contributed by atoms with Crippen molar-refractivity contribution in [2.24, 2.45) is 0 Å². The number of hydrogen-bond donors (Lipinski definition) is 1. The Kier molecular flexibility index (Phi) is 5.82. The number of hydrogen-bond acceptors (Lipinski definition) is 4. The minimum absolute atomic E-state index is 0.146. The summed E-state index contributed by atoms with van der Waals surface area (Å²) < 4.78 is 11.4. The fraction of sp³-hybridized carbons (Fsp3) is 0.0833. The largest absolute Gasteiger partial charge is 0.484 e. The molecule has 0 unspecified atom stereocenters. The first kappa shape index (κ1) is 19.7. The van der Waals surface area contributed by atoms with E-state index in [0.29, 0.717) is 34.0 Å². The van der Waals surface area contributed by atoms with Crippen LogP contribution in [0.2, 0.25) is 5.02 Å². The number of amides is 1. The molecule has 0 bridgehead atoms. The lowest BCUT2D eigenvalue weighted by atomic mass is 10.1. The molecule has 4 aromatic rings. The van der Waals surface area contributed by atoms with Crippen LogP contribution in [0.3, 0.4) is 0 Å². The summed E-state index contributed by atoms with van der Waals surface area (Å²) >= 11 is 5.91. The quantitative estimate of drug-likeness (QED) is 0.487. The highest BCUT2D eigenvalue weighted by Crippen LogP contribution is 2.25. The third-order valence-electron chi connectivity index (χ3n) is 4.53. The predicted octanol–water partition coefficient (Wildman–Crippen LogP) is 4.81. The molecule has 0 aliphatic rings. The lowest BCUT2D eigenvalue weighted by Gasteiger charge is -2.09. The van der Waals surface area contributed by atoms with Gasteiger partial charge in [0.05, 0.1) is 5.39 Å². The van der Waals surface area contributed by atoms with Crippen molar-refractivity contribution in [3.8, 4) is 17.1 Å². The fourth-order valence-corrected chi connectivity index (χ4v) is 3.10. The number of rotatable bonds is 6. The molecule has 0 spiro atoms. The zero-order chi connectivity index (χ0) is 20.9. The van der Waals surface area contributed by atoms with Crippen molar-refractivity contribution >= 4 is 28.5 Å². The molecule has 0 saturated heterocycles. The van der Waals surface area contributed by atoms with E-state index in [0.717, 1.165) is 11.1 Å². The van der Waals surface area contributed by atoms with Gasteiger partial charge in [-0.15, -0.1) is 0 Å². The van der Waals surface area contributed by atoms with E-state index in [4.69, 9.17) is 20.8 Å². The van der Waals surface area contributed by atoms with Crippen LogP contribution in [-0.4, -0.2) is 12.5 Å². The molecular weight excluding hydrogens is 402 g/mol. The predicted molar refractivity (Wildman–Crippen MR) is 117 cm³/mol. The van der Waals surface area contributed by atoms with Gasteiger partial charge in [-0.3, -0.25) is 9.59 Å². The van der Waals surface area contributed by atoms with Crippen LogP contribution < -0.4 is 15.5 Å². The Morgan fingerprint density at radius 3 is 2.50 bits per heavy atom. The third kappa shape index (κ3) is 4.70. The van der Waals surface area contributed by atoms with Gasteiger partial charge < -0.3 is 14.5 Å². The van der Waals surface area contributed by atoms with Gasteiger partial charge in [0, 0.05) is 23.2 Å². The highest BCUT2D eigenvalue weighted by Gasteiger charge is 2.09. The average molecular weight is 420 g/mol. The zero-order valence-corrected chi connectivity index (χ0v) is 16.7. The van der Waals surface area contributed by atoms with Gasteiger partial charge in [-0.1, -0.05) is 41.9 Å². The third-order valence-corrected chi connectivity index (χ3v) is 4.78. The topological polar surface area (TPSA) is 68.5 Å². The summed E-state index contributed by atoms with van der Waals surface area (Å²) in [6.45, 7) is 0.282. The summed E-state index contributed by atoms with van der Waals surface area (Å²) in [5.74, 6) is 0.631. The van der Waals surface area contributed by atoms with Gasteiger partial charge in [-0.25, -0.2) is 0 Å². The van der Waals surface area contributed by atoms with Crippen molar-refractivity contribution in [2.75, 3.05) is 6.61 Å². The Labute approximate surface area is 177 Å². The van der Waals surface area contributed by atoms with Crippen LogP contribution in [0.15, 0.2) is 88.1 Å². The van der Waals surface area contributed by atoms with Crippen molar-refractivity contribution in [3.05, 3.63) is 99.7 Å². The van der Waals surface area contributed by atoms with Crippen LogP contribution in [0, 0.1) is 0 Å². The normalized spacial score (nSPS) is 10.7. The lowest BCUT2D eigenvalue weighted by molar-refractivity contribution is -0.123. The van der Waals surface area contributed by atoms with Crippen molar-refractivity contribution in [1.82, 2.24) is 5.32 Å². The number of halogens is 1. The highest BCUT2D eigenvalue weighted by molar-refractivity contribution is 6.30. The van der Waals surface area contributed by atoms with Gasteiger partial charge in [-0.2, -0.15) is 0 Å². The molecule has 1 amide bonds. The molecule has 0 aliphatic heterocycles. The fourth-order valence-electron chi connectivity index (χ4n) is 2.98. The van der Waals surface area contributed by atoms with E-state index < -0.39 is 0 Å². The van der Waals surface area contributed by atoms with Gasteiger partial charge in [0.15, 0.2) is 12.0 Å². The van der Waals surface area contributed by atoms with Crippen molar-refractivity contribution in [2.45, 2.75) is 6.54 Å². The van der Waals surface area contributed by atoms with Crippen LogP contribution in [0.5, 0.6) is 5.75 Å². The van der Waals surface area contributed by atoms with E-state index in [1.807, 2.05) is 30.3 Å². The Hall–Kier alpha value is -3.57. The summed E-state index contributed by atoms with van der Waals surface area (Å²) in [6, 6.07) is 23.0. The van der Waals surface area contributed by atoms with Gasteiger partial charge in [-0.05, 0) is 48.0 Å². The Bertz CT molecular complexity index is 1230. The molecule has 0 radical (unpaired) electrons. The number of benzene rings is 3. The molecule has 150 valence electrons. The summed E-state index contributed by atoms with van der Waals surface area (Å²) in [5, 5.41) is 3.79. The minimum Gasteiger partial charge on any atom is -0.484 e. The summed E-state index contributed by atoms with van der Waals surface area (Å²) in [6.07, 6.45) is 0. The monoisotopic (exact) mass is 419 g/mol. The number of nitrogens with one attached hydrogen (secondary N) is 1. The maximum atomic E-state index is 12.6. The molecule has 1 N–H and O–H groups in total. The molecule has 4 rings (SSSR count). The van der Waals surface area contributed by atoms with E-state index in [1.165, 1.54) is 6.07 Å². The molecule has 0 saturated carbocycles. The van der Waals surface area contributed by atoms with Gasteiger partial charge in [0.1, 0.15) is 17.1 Å². The second-order valence-electron chi connectivity index (χ2n) is 6.69. The summed E-state index contributed by atoms with van der Waals surface area (Å²) in [5.41, 5.74) is 2.01. The van der Waals surface area contributed by atoms with E-state index >= 15 is 0 Å². The first-order valence-electron chi connectivity index (χ1n) is 9.36. The van der Waals surface area contributed by atoms with Crippen molar-refractivity contribution in [1.29, 1.82) is 0 Å². The van der Waals surface area contributed by atoms with E-state index in [1.54, 1.807) is 42.5 Å². The lowest BCUT2D eigenvalue weighted by Crippen LogP contribution is -2.28. The summed E-state index contributed by atoms with van der Waals surface area (Å²) in [7, 11) is 0. The van der Waals surface area contributed by atoms with E-state index in [9.17, 15) is 9.59 Å². The standard InChI is InChI=1S/C24H18ClNO4/c25-18-8-6-17(7-9-18)23-13-21(27)20-12-19(10-11-22(20)30-23)29-15-24(28)26-14-16-4-2-1-3-5-16/h1-13H,14-15H2,(H,26,28). The van der Waals surface area contributed by atoms with Crippen LogP contribution in [0.4, 0.5) is 0 Å². The van der Waals surface area contributed by atoms with Crippen LogP contribution >= 0.6 is 11.6 Å². The second kappa shape index (κ2) is 8.84. The van der Waals surface area contributed by atoms with Gasteiger partial charge in [0.2, 0.25) is 0 Å². The van der Waals surface area contributed by atoms with Crippen LogP contribution in [0.25, 0.3) is 22.3 Å². The molecule has 0 atom stereocenters. The average Bonchev–Trinajstić information content (AvgIpc) is 2.77. The number of carbonyl (C=O) groups is 1. The Morgan fingerprint density at radius 1 is 0.967 bits per heavy atom. The first-order valence-corrected chi connectivity index (χ1v) is 9.73. The van der Waals surface area contributed by atoms with Crippen LogP contribution in [-0.2, 0) is 11.3 Å². The number of carbonyl (C=O) groups excluding carboxylic acids is 1. The van der Waals surface area contributed by atoms with E-state index in [-0.39, 0.29) is 17.9 Å². The zero-order valence-electron chi connectivity index (χ0n) is 15.9. The maximum absolute atomic E-state index is 12.6. The SMILES string of the molecule is O=C(COc1ccc2oc(-c3ccc(Cl)cc3)cc(=O)c2c1)NCc1ccccc1. The number of ether oxygens (including phenoxy) is 1. The first-order chi connectivity index (χ1) is 14.6. The molecular formula is C24H18ClNO4. The Morgan fingerprint density at radius 2 is 1.73 bits per heavy atom. The maximum Gasteiger partial charge on any atom is 0.258 e. The molecule has 5 nitrogen and oxygen atoms in total. The van der Waals surface area contributed by atoms with Gasteiger partial charge in [0.25, 0.3) is 5.91 Å². The highest BCUT2D eigenvalue weighted by atomic mass is 35.5. The minimum atomic E-state index is -0.246. The van der Waals surface area contributed by atoms with Crippen molar-refractivity contribution < 1.29 is 13.9 Å². The van der Waals surface area contributed by atoms with E-state index in [2.05, 4.69) is 5.32 Å². The Balaban J connectivity index is 1.45. The molecule has 3 aromatic carbocycles. The van der Waals surface area contributed by atoms with Gasteiger partial charge >= 0.3 is 0 Å². The smallest absolute Gasteiger partial charge is 0.258 e.